The van der Waals surface area contributed by atoms with Crippen molar-refractivity contribution in [3.63, 3.8) is 0 Å². The number of carbonyl (C=O) groups is 2. The van der Waals surface area contributed by atoms with Gasteiger partial charge in [0.1, 0.15) is 9.87 Å². The van der Waals surface area contributed by atoms with E-state index in [2.05, 4.69) is 17.4 Å². The maximum Gasteiger partial charge on any atom is 0.325 e. The summed E-state index contributed by atoms with van der Waals surface area (Å²) in [4.78, 5) is 26.4. The Bertz CT molecular complexity index is 719. The van der Waals surface area contributed by atoms with Crippen molar-refractivity contribution < 1.29 is 9.59 Å². The van der Waals surface area contributed by atoms with Crippen molar-refractivity contribution in [2.45, 2.75) is 42.5 Å². The van der Waals surface area contributed by atoms with Gasteiger partial charge in [0.05, 0.1) is 0 Å². The first kappa shape index (κ1) is 15.3. The molecule has 1 aromatic rings. The van der Waals surface area contributed by atoms with Crippen molar-refractivity contribution in [2.24, 2.45) is 5.92 Å². The maximum atomic E-state index is 12.9. The Morgan fingerprint density at radius 1 is 1.26 bits per heavy atom. The summed E-state index contributed by atoms with van der Waals surface area (Å²) in [5, 5.41) is 2.85. The number of nitrogens with zero attached hydrogens (tertiary/aromatic N) is 1. The normalized spacial score (nSPS) is 31.3. The van der Waals surface area contributed by atoms with Crippen LogP contribution in [0.3, 0.4) is 0 Å². The van der Waals surface area contributed by atoms with Crippen LogP contribution in [0.1, 0.15) is 36.5 Å². The molecular weight excluding hydrogens is 335 g/mol. The van der Waals surface area contributed by atoms with Crippen LogP contribution in [-0.2, 0) is 23.2 Å². The molecule has 1 saturated carbocycles. The fourth-order valence-corrected chi connectivity index (χ4v) is 4.14. The molecule has 1 aromatic carbocycles. The lowest BCUT2D eigenvalue weighted by Crippen LogP contribution is -2.41. The minimum absolute atomic E-state index is 0.0390. The van der Waals surface area contributed by atoms with Crippen LogP contribution in [0.15, 0.2) is 18.2 Å². The molecule has 0 spiro atoms. The number of rotatable bonds is 3. The number of halogens is 2. The third-order valence-corrected chi connectivity index (χ3v) is 6.24. The number of aryl methyl sites for hydroxylation is 2. The maximum absolute atomic E-state index is 12.9. The third kappa shape index (κ3) is 2.34. The van der Waals surface area contributed by atoms with Gasteiger partial charge in [-0.05, 0) is 49.3 Å². The highest BCUT2D eigenvalue weighted by Crippen LogP contribution is 2.53. The van der Waals surface area contributed by atoms with E-state index in [4.69, 9.17) is 23.2 Å². The number of fused-ring (bicyclic) bond motifs is 1. The summed E-state index contributed by atoms with van der Waals surface area (Å²) in [6.45, 7) is 2.05. The minimum Gasteiger partial charge on any atom is -0.319 e. The fraction of sp³-hybridized carbons (Fsp3) is 0.529. The summed E-state index contributed by atoms with van der Waals surface area (Å²) in [5.41, 5.74) is 2.47. The number of hydrogen-bond donors (Lipinski definition) is 1. The summed E-state index contributed by atoms with van der Waals surface area (Å²) in [5.74, 6) is -0.264. The van der Waals surface area contributed by atoms with Gasteiger partial charge in [0, 0.05) is 12.5 Å². The van der Waals surface area contributed by atoms with Crippen molar-refractivity contribution in [3.8, 4) is 0 Å². The van der Waals surface area contributed by atoms with Gasteiger partial charge in [-0.1, -0.05) is 18.2 Å². The summed E-state index contributed by atoms with van der Waals surface area (Å²) >= 11 is 12.1. The summed E-state index contributed by atoms with van der Waals surface area (Å²) in [6.07, 6.45) is 3.89. The molecule has 122 valence electrons. The van der Waals surface area contributed by atoms with Gasteiger partial charge in [0.25, 0.3) is 5.91 Å². The van der Waals surface area contributed by atoms with Crippen molar-refractivity contribution in [1.29, 1.82) is 0 Å². The predicted molar refractivity (Wildman–Crippen MR) is 88.6 cm³/mol. The van der Waals surface area contributed by atoms with Gasteiger partial charge in [-0.3, -0.25) is 9.69 Å². The van der Waals surface area contributed by atoms with Crippen molar-refractivity contribution >= 4 is 35.1 Å². The minimum atomic E-state index is -1.01. The molecular formula is C17H18Cl2N2O2. The Labute approximate surface area is 145 Å². The Morgan fingerprint density at radius 2 is 1.96 bits per heavy atom. The SMILES string of the molecule is C[C@@]1(c2ccc3c(c2)CCC3)NC(=O)N(C[C@H]2CC2(Cl)Cl)C1=O. The van der Waals surface area contributed by atoms with E-state index in [1.807, 2.05) is 6.07 Å². The highest BCUT2D eigenvalue weighted by Gasteiger charge is 2.56. The molecule has 1 saturated heterocycles. The van der Waals surface area contributed by atoms with Crippen molar-refractivity contribution in [1.82, 2.24) is 10.2 Å². The van der Waals surface area contributed by atoms with Gasteiger partial charge in [-0.25, -0.2) is 4.79 Å². The van der Waals surface area contributed by atoms with E-state index in [0.717, 1.165) is 24.8 Å². The fourth-order valence-electron chi connectivity index (χ4n) is 3.63. The van der Waals surface area contributed by atoms with E-state index >= 15 is 0 Å². The Kier molecular flexibility index (Phi) is 3.23. The van der Waals surface area contributed by atoms with E-state index < -0.39 is 9.87 Å². The average Bonchev–Trinajstić information content (AvgIpc) is 2.85. The van der Waals surface area contributed by atoms with Gasteiger partial charge in [-0.2, -0.15) is 0 Å². The number of nitrogens with one attached hydrogen (secondary N) is 1. The van der Waals surface area contributed by atoms with E-state index in [0.29, 0.717) is 6.42 Å². The number of hydrogen-bond acceptors (Lipinski definition) is 2. The largest absolute Gasteiger partial charge is 0.325 e. The lowest BCUT2D eigenvalue weighted by Gasteiger charge is -2.23. The Balaban J connectivity index is 1.61. The molecule has 4 rings (SSSR count). The van der Waals surface area contributed by atoms with Crippen LogP contribution in [0.2, 0.25) is 0 Å². The van der Waals surface area contributed by atoms with Crippen LogP contribution < -0.4 is 5.32 Å². The van der Waals surface area contributed by atoms with E-state index in [-0.39, 0.29) is 24.4 Å². The number of alkyl halides is 2. The molecule has 1 aliphatic heterocycles. The lowest BCUT2D eigenvalue weighted by molar-refractivity contribution is -0.131. The van der Waals surface area contributed by atoms with Crippen molar-refractivity contribution in [2.75, 3.05) is 6.54 Å². The first-order valence-corrected chi connectivity index (χ1v) is 8.71. The Morgan fingerprint density at radius 3 is 2.65 bits per heavy atom. The second-order valence-corrected chi connectivity index (χ2v) is 8.51. The third-order valence-electron chi connectivity index (χ3n) is 5.31. The van der Waals surface area contributed by atoms with E-state index in [1.54, 1.807) is 6.92 Å². The zero-order valence-corrected chi connectivity index (χ0v) is 14.4. The van der Waals surface area contributed by atoms with Gasteiger partial charge in [-0.15, -0.1) is 23.2 Å². The lowest BCUT2D eigenvalue weighted by atomic mass is 9.89. The smallest absolute Gasteiger partial charge is 0.319 e. The van der Waals surface area contributed by atoms with Gasteiger partial charge < -0.3 is 5.32 Å². The van der Waals surface area contributed by atoms with Crippen LogP contribution in [0.4, 0.5) is 4.79 Å². The second kappa shape index (κ2) is 4.87. The molecule has 0 radical (unpaired) electrons. The van der Waals surface area contributed by atoms with Crippen LogP contribution >= 0.6 is 23.2 Å². The molecule has 1 N–H and O–H groups in total. The molecule has 2 fully saturated rings. The molecule has 2 aliphatic carbocycles. The van der Waals surface area contributed by atoms with E-state index in [9.17, 15) is 9.59 Å². The molecule has 3 amide bonds. The molecule has 0 bridgehead atoms. The molecule has 4 nitrogen and oxygen atoms in total. The standard InChI is InChI=1S/C17H18Cl2N2O2/c1-16(12-6-5-10-3-2-4-11(10)7-12)14(22)21(15(23)20-16)9-13-8-17(13,18)19/h5-7,13H,2-4,8-9H2,1H3,(H,20,23)/t13-,16+/m1/s1. The second-order valence-electron chi connectivity index (χ2n) is 6.97. The molecule has 0 aromatic heterocycles. The summed E-state index contributed by atoms with van der Waals surface area (Å²) in [6, 6.07) is 5.73. The molecule has 2 atom stereocenters. The van der Waals surface area contributed by atoms with Gasteiger partial charge >= 0.3 is 6.03 Å². The van der Waals surface area contributed by atoms with Crippen LogP contribution in [0.25, 0.3) is 0 Å². The highest BCUT2D eigenvalue weighted by molar-refractivity contribution is 6.50. The molecule has 0 unspecified atom stereocenters. The van der Waals surface area contributed by atoms with Gasteiger partial charge in [0.2, 0.25) is 0 Å². The summed E-state index contributed by atoms with van der Waals surface area (Å²) < 4.78 is -0.798. The number of amides is 3. The van der Waals surface area contributed by atoms with Crippen LogP contribution in [-0.4, -0.2) is 27.7 Å². The number of benzene rings is 1. The molecule has 23 heavy (non-hydrogen) atoms. The number of urea groups is 1. The first-order valence-electron chi connectivity index (χ1n) is 7.95. The van der Waals surface area contributed by atoms with Gasteiger partial charge in [0.15, 0.2) is 0 Å². The first-order chi connectivity index (χ1) is 10.8. The average molecular weight is 353 g/mol. The summed E-state index contributed by atoms with van der Waals surface area (Å²) in [7, 11) is 0. The molecule has 1 heterocycles. The number of imide groups is 1. The zero-order chi connectivity index (χ0) is 16.4. The highest BCUT2D eigenvalue weighted by atomic mass is 35.5. The molecule has 3 aliphatic rings. The molecule has 6 heteroatoms. The number of carbonyl (C=O) groups excluding carboxylic acids is 2. The Hall–Kier alpha value is -1.26. The quantitative estimate of drug-likeness (QED) is 0.671. The van der Waals surface area contributed by atoms with Crippen LogP contribution in [0, 0.1) is 5.92 Å². The predicted octanol–water partition coefficient (Wildman–Crippen LogP) is 3.14. The topological polar surface area (TPSA) is 49.4 Å². The monoisotopic (exact) mass is 352 g/mol. The van der Waals surface area contributed by atoms with Crippen molar-refractivity contribution in [3.05, 3.63) is 34.9 Å². The van der Waals surface area contributed by atoms with Crippen LogP contribution in [0.5, 0.6) is 0 Å². The van der Waals surface area contributed by atoms with E-state index in [1.165, 1.54) is 16.0 Å². The zero-order valence-electron chi connectivity index (χ0n) is 12.9.